The van der Waals surface area contributed by atoms with Gasteiger partial charge in [0.2, 0.25) is 0 Å². The van der Waals surface area contributed by atoms with Gasteiger partial charge in [0, 0.05) is 12.8 Å². The van der Waals surface area contributed by atoms with Gasteiger partial charge < -0.3 is 33.3 Å². The second-order valence-electron chi connectivity index (χ2n) is 13.9. The van der Waals surface area contributed by atoms with Crippen LogP contribution in [-0.4, -0.2) is 82.3 Å². The lowest BCUT2D eigenvalue weighted by molar-refractivity contribution is -0.870. The average molecular weight is 658 g/mol. The van der Waals surface area contributed by atoms with Gasteiger partial charge in [0.15, 0.2) is 12.4 Å². The molecule has 0 rings (SSSR count). The number of rotatable bonds is 34. The summed E-state index contributed by atoms with van der Waals surface area (Å²) in [6.45, 7) is 4.71. The molecule has 0 saturated carbocycles. The molecule has 9 heteroatoms. The van der Waals surface area contributed by atoms with E-state index in [4.69, 9.17) is 18.9 Å². The number of aliphatic carboxylic acids is 1. The first kappa shape index (κ1) is 44.3. The van der Waals surface area contributed by atoms with Crippen molar-refractivity contribution in [3.63, 3.8) is 0 Å². The van der Waals surface area contributed by atoms with Gasteiger partial charge in [0.25, 0.3) is 0 Å². The van der Waals surface area contributed by atoms with Crippen molar-refractivity contribution in [2.75, 3.05) is 47.5 Å². The van der Waals surface area contributed by atoms with E-state index in [0.717, 1.165) is 38.5 Å². The number of hydrogen-bond acceptors (Lipinski definition) is 8. The Morgan fingerprint density at radius 2 is 0.978 bits per heavy atom. The zero-order chi connectivity index (χ0) is 34.3. The number of carboxylic acid groups (broad SMARTS) is 1. The maximum atomic E-state index is 12.6. The van der Waals surface area contributed by atoms with Crippen molar-refractivity contribution in [1.82, 2.24) is 0 Å². The van der Waals surface area contributed by atoms with Crippen LogP contribution in [0.15, 0.2) is 0 Å². The molecule has 272 valence electrons. The third-order valence-electron chi connectivity index (χ3n) is 8.10. The summed E-state index contributed by atoms with van der Waals surface area (Å²) >= 11 is 0. The van der Waals surface area contributed by atoms with Crippen LogP contribution >= 0.6 is 0 Å². The lowest BCUT2D eigenvalue weighted by Crippen LogP contribution is -2.44. The predicted molar refractivity (Wildman–Crippen MR) is 182 cm³/mol. The largest absolute Gasteiger partial charge is 0.545 e. The zero-order valence-electron chi connectivity index (χ0n) is 30.5. The Balaban J connectivity index is 4.55. The van der Waals surface area contributed by atoms with Gasteiger partial charge in [-0.3, -0.25) is 9.59 Å². The third-order valence-corrected chi connectivity index (χ3v) is 8.10. The van der Waals surface area contributed by atoms with Crippen molar-refractivity contribution in [2.45, 2.75) is 174 Å². The van der Waals surface area contributed by atoms with Gasteiger partial charge in [-0.2, -0.15) is 0 Å². The Bertz CT molecular complexity index is 739. The monoisotopic (exact) mass is 658 g/mol. The molecular weight excluding hydrogens is 586 g/mol. The van der Waals surface area contributed by atoms with Gasteiger partial charge in [-0.05, 0) is 12.8 Å². The smallest absolute Gasteiger partial charge is 0.306 e. The molecule has 0 aliphatic rings. The van der Waals surface area contributed by atoms with Gasteiger partial charge in [-0.15, -0.1) is 0 Å². The molecule has 0 fully saturated rings. The highest BCUT2D eigenvalue weighted by Gasteiger charge is 2.21. The van der Waals surface area contributed by atoms with Crippen LogP contribution in [0.4, 0.5) is 0 Å². The molecule has 9 nitrogen and oxygen atoms in total. The summed E-state index contributed by atoms with van der Waals surface area (Å²) < 4.78 is 22.4. The highest BCUT2D eigenvalue weighted by Crippen LogP contribution is 2.14. The predicted octanol–water partition coefficient (Wildman–Crippen LogP) is 7.27. The minimum absolute atomic E-state index is 0.152. The molecule has 0 N–H and O–H groups in total. The molecule has 2 atom stereocenters. The number of hydrogen-bond donors (Lipinski definition) is 0. The molecule has 0 radical (unpaired) electrons. The molecule has 0 aliphatic heterocycles. The molecule has 0 aromatic heterocycles. The van der Waals surface area contributed by atoms with Gasteiger partial charge >= 0.3 is 11.9 Å². The highest BCUT2D eigenvalue weighted by molar-refractivity contribution is 5.70. The maximum absolute atomic E-state index is 12.6. The van der Waals surface area contributed by atoms with E-state index in [2.05, 4.69) is 13.8 Å². The summed E-state index contributed by atoms with van der Waals surface area (Å²) in [6.07, 6.45) is 22.8. The number of carbonyl (C=O) groups excluding carboxylic acids is 3. The van der Waals surface area contributed by atoms with Crippen LogP contribution < -0.4 is 5.11 Å². The topological polar surface area (TPSA) is 111 Å². The summed E-state index contributed by atoms with van der Waals surface area (Å²) in [5, 5.41) is 11.6. The fraction of sp³-hybridized carbons (Fsp3) is 0.919. The summed E-state index contributed by atoms with van der Waals surface area (Å²) in [4.78, 5) is 36.6. The maximum Gasteiger partial charge on any atom is 0.306 e. The molecule has 0 amide bonds. The molecule has 0 saturated heterocycles. The zero-order valence-corrected chi connectivity index (χ0v) is 30.5. The first-order chi connectivity index (χ1) is 22.1. The van der Waals surface area contributed by atoms with Crippen molar-refractivity contribution in [3.05, 3.63) is 0 Å². The van der Waals surface area contributed by atoms with E-state index in [1.807, 2.05) is 21.1 Å². The van der Waals surface area contributed by atoms with E-state index in [1.54, 1.807) is 0 Å². The van der Waals surface area contributed by atoms with Gasteiger partial charge in [-0.1, -0.05) is 136 Å². The second-order valence-corrected chi connectivity index (χ2v) is 13.9. The third kappa shape index (κ3) is 30.9. The summed E-state index contributed by atoms with van der Waals surface area (Å²) in [5.74, 6) is -2.28. The number of unbranched alkanes of at least 4 members (excludes halogenated alkanes) is 19. The first-order valence-corrected chi connectivity index (χ1v) is 18.7. The second kappa shape index (κ2) is 30.6. The van der Waals surface area contributed by atoms with Crippen molar-refractivity contribution < 1.29 is 42.9 Å². The highest BCUT2D eigenvalue weighted by atomic mass is 16.7. The van der Waals surface area contributed by atoms with E-state index < -0.39 is 24.3 Å². The molecule has 0 bridgehead atoms. The van der Waals surface area contributed by atoms with E-state index in [9.17, 15) is 19.5 Å². The molecule has 46 heavy (non-hydrogen) atoms. The standard InChI is InChI=1S/C37H71NO8/c1-6-8-10-12-14-16-18-20-22-24-26-28-35(40)46-33(32-45-37(36(41)42)43-30-29-38(3,4)5)31-44-34(39)27-25-23-21-19-17-15-13-11-9-7-2/h33,37H,6-32H2,1-5H3. The first-order valence-electron chi connectivity index (χ1n) is 18.7. The summed E-state index contributed by atoms with van der Waals surface area (Å²) in [6, 6.07) is 0. The summed E-state index contributed by atoms with van der Waals surface area (Å²) in [5.41, 5.74) is 0. The van der Waals surface area contributed by atoms with E-state index in [1.165, 1.54) is 96.3 Å². The molecule has 2 unspecified atom stereocenters. The van der Waals surface area contributed by atoms with Crippen LogP contribution in [0.5, 0.6) is 0 Å². The Morgan fingerprint density at radius 3 is 1.39 bits per heavy atom. The Labute approximate surface area is 282 Å². The molecule has 0 aromatic carbocycles. The van der Waals surface area contributed by atoms with Crippen LogP contribution in [0.25, 0.3) is 0 Å². The minimum atomic E-state index is -1.61. The number of quaternary nitrogens is 1. The molecule has 0 aromatic rings. The number of carbonyl (C=O) groups is 3. The summed E-state index contributed by atoms with van der Waals surface area (Å²) in [7, 11) is 5.90. The molecule has 0 aliphatic carbocycles. The van der Waals surface area contributed by atoms with Crippen LogP contribution in [0.2, 0.25) is 0 Å². The lowest BCUT2D eigenvalue weighted by Gasteiger charge is -2.26. The number of carboxylic acids is 1. The quantitative estimate of drug-likeness (QED) is 0.0308. The number of ether oxygens (including phenoxy) is 4. The van der Waals surface area contributed by atoms with Gasteiger partial charge in [0.05, 0.1) is 40.3 Å². The van der Waals surface area contributed by atoms with Crippen molar-refractivity contribution in [2.24, 2.45) is 0 Å². The fourth-order valence-electron chi connectivity index (χ4n) is 5.12. The number of esters is 2. The number of likely N-dealkylation sites (N-methyl/N-ethyl adjacent to an activating group) is 1. The molecular formula is C37H71NO8. The van der Waals surface area contributed by atoms with E-state index in [0.29, 0.717) is 17.4 Å². The minimum Gasteiger partial charge on any atom is -0.545 e. The SMILES string of the molecule is CCCCCCCCCCCCCC(=O)OC(COC(=O)CCCCCCCCCCCC)COC(OCC[N+](C)(C)C)C(=O)[O-]. The molecule has 0 spiro atoms. The Morgan fingerprint density at radius 1 is 0.565 bits per heavy atom. The van der Waals surface area contributed by atoms with Crippen molar-refractivity contribution in [1.29, 1.82) is 0 Å². The van der Waals surface area contributed by atoms with Crippen molar-refractivity contribution in [3.8, 4) is 0 Å². The Hall–Kier alpha value is -1.71. The van der Waals surface area contributed by atoms with Crippen molar-refractivity contribution >= 4 is 17.9 Å². The van der Waals surface area contributed by atoms with Crippen LogP contribution in [-0.2, 0) is 33.3 Å². The average Bonchev–Trinajstić information content (AvgIpc) is 3.00. The van der Waals surface area contributed by atoms with Gasteiger partial charge in [0.1, 0.15) is 13.2 Å². The van der Waals surface area contributed by atoms with Crippen LogP contribution in [0, 0.1) is 0 Å². The normalized spacial score (nSPS) is 13.0. The fourth-order valence-corrected chi connectivity index (χ4v) is 5.12. The number of nitrogens with zero attached hydrogens (tertiary/aromatic N) is 1. The van der Waals surface area contributed by atoms with Gasteiger partial charge in [-0.25, -0.2) is 0 Å². The van der Waals surface area contributed by atoms with E-state index in [-0.39, 0.29) is 32.2 Å². The van der Waals surface area contributed by atoms with Crippen LogP contribution in [0.1, 0.15) is 162 Å². The van der Waals surface area contributed by atoms with Crippen LogP contribution in [0.3, 0.4) is 0 Å². The van der Waals surface area contributed by atoms with E-state index >= 15 is 0 Å². The molecule has 0 heterocycles. The lowest BCUT2D eigenvalue weighted by atomic mass is 10.1. The Kier molecular flexibility index (Phi) is 29.5.